The van der Waals surface area contributed by atoms with E-state index in [-0.39, 0.29) is 5.94 Å². The van der Waals surface area contributed by atoms with Crippen LogP contribution in [0.25, 0.3) is 0 Å². The number of aliphatic hydroxyl groups is 1. The zero-order valence-corrected chi connectivity index (χ0v) is 5.80. The van der Waals surface area contributed by atoms with Crippen molar-refractivity contribution in [2.45, 2.75) is 12.3 Å². The van der Waals surface area contributed by atoms with Gasteiger partial charge in [-0.2, -0.15) is 0 Å². The van der Waals surface area contributed by atoms with E-state index in [0.717, 1.165) is 13.8 Å². The van der Waals surface area contributed by atoms with Crippen LogP contribution in [0.5, 0.6) is 0 Å². The zero-order chi connectivity index (χ0) is 6.85. The maximum Gasteiger partial charge on any atom is 0.153 e. The summed E-state index contributed by atoms with van der Waals surface area (Å²) >= 11 is 0. The van der Waals surface area contributed by atoms with E-state index < -0.39 is 0 Å². The Bertz CT molecular complexity index is 126. The predicted molar refractivity (Wildman–Crippen MR) is 40.1 cm³/mol. The number of hydrogen-bond donors (Lipinski definition) is 1. The Morgan fingerprint density at radius 1 is 1.89 bits per heavy atom. The Balaban J connectivity index is 2.49. The van der Waals surface area contributed by atoms with Crippen LogP contribution in [0.1, 0.15) is 0 Å². The summed E-state index contributed by atoms with van der Waals surface area (Å²) in [7, 11) is 3.07. The van der Waals surface area contributed by atoms with E-state index >= 15 is 0 Å². The Morgan fingerprint density at radius 3 is 2.78 bits per heavy atom. The largest absolute Gasteiger partial charge is 0.512 e. The van der Waals surface area contributed by atoms with E-state index in [1.165, 1.54) is 6.32 Å². The van der Waals surface area contributed by atoms with Crippen molar-refractivity contribution in [2.75, 3.05) is 13.6 Å². The highest BCUT2D eigenvalue weighted by atomic mass is 16.3. The van der Waals surface area contributed by atoms with Crippen LogP contribution in [0, 0.1) is 0 Å². The minimum atomic E-state index is 0.227. The molecule has 50 valence electrons. The van der Waals surface area contributed by atoms with Crippen LogP contribution >= 0.6 is 0 Å². The fraction of sp³-hybridized carbons (Fsp3) is 0.667. The Hall–Kier alpha value is -0.435. The van der Waals surface area contributed by atoms with Crippen molar-refractivity contribution in [1.82, 2.24) is 4.90 Å². The van der Waals surface area contributed by atoms with Crippen molar-refractivity contribution in [3.05, 3.63) is 12.3 Å². The predicted octanol–water partition coefficient (Wildman–Crippen LogP) is 0.184. The molecule has 0 radical (unpaired) electrons. The molecule has 1 aliphatic heterocycles. The molecule has 0 aromatic rings. The molecule has 0 spiro atoms. The Morgan fingerprint density at radius 2 is 2.56 bits per heavy atom. The number of hydrogen-bond acceptors (Lipinski definition) is 2. The maximum absolute atomic E-state index is 8.99. The normalized spacial score (nSPS) is 27.9. The van der Waals surface area contributed by atoms with Gasteiger partial charge in [0.05, 0.1) is 5.76 Å². The standard InChI is InChI=1S/C6H12BNO/c1-5(9)6-7-3-4-8(6)2/h6-7,9H,1,3-4H2,2H3. The van der Waals surface area contributed by atoms with E-state index in [9.17, 15) is 0 Å². The first kappa shape index (κ1) is 6.68. The van der Waals surface area contributed by atoms with Crippen LogP contribution in [-0.4, -0.2) is 36.8 Å². The van der Waals surface area contributed by atoms with Gasteiger partial charge in [-0.15, -0.1) is 0 Å². The third-order valence-electron chi connectivity index (χ3n) is 1.91. The molecule has 0 bridgehead atoms. The van der Waals surface area contributed by atoms with Gasteiger partial charge in [-0.1, -0.05) is 12.9 Å². The molecule has 0 aromatic heterocycles. The van der Waals surface area contributed by atoms with E-state index in [1.54, 1.807) is 0 Å². The molecule has 9 heavy (non-hydrogen) atoms. The summed E-state index contributed by atoms with van der Waals surface area (Å²) in [5, 5.41) is 8.99. The Kier molecular flexibility index (Phi) is 1.81. The van der Waals surface area contributed by atoms with E-state index in [0.29, 0.717) is 5.76 Å². The quantitative estimate of drug-likeness (QED) is 0.399. The van der Waals surface area contributed by atoms with Gasteiger partial charge in [0, 0.05) is 5.94 Å². The highest BCUT2D eigenvalue weighted by Crippen LogP contribution is 2.11. The molecule has 1 N–H and O–H groups in total. The van der Waals surface area contributed by atoms with E-state index in [1.807, 2.05) is 7.05 Å². The van der Waals surface area contributed by atoms with Crippen LogP contribution in [0.4, 0.5) is 0 Å². The first-order valence-electron chi connectivity index (χ1n) is 3.30. The van der Waals surface area contributed by atoms with Crippen LogP contribution in [-0.2, 0) is 0 Å². The number of nitrogens with zero attached hydrogens (tertiary/aromatic N) is 1. The lowest BCUT2D eigenvalue weighted by atomic mass is 9.69. The lowest BCUT2D eigenvalue weighted by Gasteiger charge is -2.17. The number of aliphatic hydroxyl groups excluding tert-OH is 1. The minimum Gasteiger partial charge on any atom is -0.512 e. The molecule has 1 aliphatic rings. The molecule has 0 aliphatic carbocycles. The van der Waals surface area contributed by atoms with Gasteiger partial charge in [0.1, 0.15) is 0 Å². The topological polar surface area (TPSA) is 23.5 Å². The van der Waals surface area contributed by atoms with Gasteiger partial charge in [0.2, 0.25) is 0 Å². The molecule has 1 heterocycles. The molecule has 1 atom stereocenters. The summed E-state index contributed by atoms with van der Waals surface area (Å²) in [4.78, 5) is 2.13. The molecule has 0 saturated carbocycles. The third-order valence-corrected chi connectivity index (χ3v) is 1.91. The van der Waals surface area contributed by atoms with Crippen molar-refractivity contribution in [3.63, 3.8) is 0 Å². The average molecular weight is 125 g/mol. The van der Waals surface area contributed by atoms with Gasteiger partial charge in [-0.3, -0.25) is 0 Å². The van der Waals surface area contributed by atoms with Crippen LogP contribution < -0.4 is 0 Å². The van der Waals surface area contributed by atoms with Crippen molar-refractivity contribution in [2.24, 2.45) is 0 Å². The van der Waals surface area contributed by atoms with E-state index in [2.05, 4.69) is 11.5 Å². The summed E-state index contributed by atoms with van der Waals surface area (Å²) < 4.78 is 0. The lowest BCUT2D eigenvalue weighted by Crippen LogP contribution is -2.29. The molecular weight excluding hydrogens is 113 g/mol. The second-order valence-corrected chi connectivity index (χ2v) is 2.63. The number of rotatable bonds is 1. The maximum atomic E-state index is 8.99. The first-order valence-corrected chi connectivity index (χ1v) is 3.30. The highest BCUT2D eigenvalue weighted by Gasteiger charge is 2.23. The van der Waals surface area contributed by atoms with Gasteiger partial charge in [0.25, 0.3) is 0 Å². The van der Waals surface area contributed by atoms with Crippen LogP contribution in [0.15, 0.2) is 12.3 Å². The molecule has 1 saturated heterocycles. The zero-order valence-electron chi connectivity index (χ0n) is 5.80. The van der Waals surface area contributed by atoms with Crippen LogP contribution in [0.2, 0.25) is 6.32 Å². The minimum absolute atomic E-state index is 0.227. The molecule has 0 amide bonds. The molecule has 1 unspecified atom stereocenters. The highest BCUT2D eigenvalue weighted by molar-refractivity contribution is 6.39. The summed E-state index contributed by atoms with van der Waals surface area (Å²) in [5.74, 6) is 0.542. The van der Waals surface area contributed by atoms with Crippen molar-refractivity contribution >= 4 is 7.28 Å². The van der Waals surface area contributed by atoms with E-state index in [4.69, 9.17) is 5.11 Å². The second-order valence-electron chi connectivity index (χ2n) is 2.63. The monoisotopic (exact) mass is 125 g/mol. The second kappa shape index (κ2) is 2.44. The first-order chi connectivity index (χ1) is 4.22. The summed E-state index contributed by atoms with van der Waals surface area (Å²) in [6, 6.07) is 0. The molecule has 0 aromatic carbocycles. The molecule has 1 rings (SSSR count). The molecular formula is C6H12BNO. The van der Waals surface area contributed by atoms with Gasteiger partial charge < -0.3 is 10.0 Å². The molecule has 1 fully saturated rings. The van der Waals surface area contributed by atoms with Gasteiger partial charge in [-0.05, 0) is 13.6 Å². The summed E-state index contributed by atoms with van der Waals surface area (Å²) in [5.41, 5.74) is 0. The molecule has 3 heteroatoms. The summed E-state index contributed by atoms with van der Waals surface area (Å²) in [6.45, 7) is 4.59. The smallest absolute Gasteiger partial charge is 0.153 e. The number of likely N-dealkylation sites (N-methyl/N-ethyl adjacent to an activating group) is 1. The fourth-order valence-electron chi connectivity index (χ4n) is 1.33. The van der Waals surface area contributed by atoms with Crippen molar-refractivity contribution in [1.29, 1.82) is 0 Å². The van der Waals surface area contributed by atoms with Crippen molar-refractivity contribution < 1.29 is 5.11 Å². The summed E-state index contributed by atoms with van der Waals surface area (Å²) in [6.07, 6.45) is 1.18. The van der Waals surface area contributed by atoms with Gasteiger partial charge in [0.15, 0.2) is 7.28 Å². The average Bonchev–Trinajstić information content (AvgIpc) is 2.13. The van der Waals surface area contributed by atoms with Crippen LogP contribution in [0.3, 0.4) is 0 Å². The van der Waals surface area contributed by atoms with Gasteiger partial charge >= 0.3 is 0 Å². The Labute approximate surface area is 56.4 Å². The fourth-order valence-corrected chi connectivity index (χ4v) is 1.33. The lowest BCUT2D eigenvalue weighted by molar-refractivity contribution is 0.288. The SMILES string of the molecule is C=C(O)C1BCCN1C. The van der Waals surface area contributed by atoms with Crippen molar-refractivity contribution in [3.8, 4) is 0 Å². The molecule has 2 nitrogen and oxygen atoms in total. The third kappa shape index (κ3) is 1.27. The van der Waals surface area contributed by atoms with Gasteiger partial charge in [-0.25, -0.2) is 0 Å².